The van der Waals surface area contributed by atoms with E-state index in [1.165, 1.54) is 5.69 Å². The molecule has 3 rings (SSSR count). The van der Waals surface area contributed by atoms with E-state index in [1.54, 1.807) is 0 Å². The third-order valence-electron chi connectivity index (χ3n) is 4.86. The maximum Gasteiger partial charge on any atom is 0.103 e. The molecule has 0 atom stereocenters. The van der Waals surface area contributed by atoms with Crippen molar-refractivity contribution in [2.24, 2.45) is 4.99 Å². The normalized spacial score (nSPS) is 16.2. The highest BCUT2D eigenvalue weighted by molar-refractivity contribution is 6.39. The summed E-state index contributed by atoms with van der Waals surface area (Å²) < 4.78 is 0. The minimum Gasteiger partial charge on any atom is -0.369 e. The van der Waals surface area contributed by atoms with Crippen molar-refractivity contribution in [2.75, 3.05) is 42.9 Å². The quantitative estimate of drug-likeness (QED) is 0.477. The fourth-order valence-corrected chi connectivity index (χ4v) is 3.94. The van der Waals surface area contributed by atoms with Gasteiger partial charge in [-0.25, -0.2) is 0 Å². The Kier molecular flexibility index (Phi) is 7.44. The van der Waals surface area contributed by atoms with Gasteiger partial charge in [-0.2, -0.15) is 0 Å². The van der Waals surface area contributed by atoms with Crippen LogP contribution in [0, 0.1) is 0 Å². The number of nitrogens with zero attached hydrogens (tertiary/aromatic N) is 3. The number of aliphatic imine (C=N–C) groups is 1. The second-order valence-electron chi connectivity index (χ2n) is 8.37. The average molecular weight is 433 g/mol. The molecule has 0 aliphatic carbocycles. The van der Waals surface area contributed by atoms with Gasteiger partial charge in [0.2, 0.25) is 0 Å². The number of para-hydroxylation sites is 2. The van der Waals surface area contributed by atoms with Crippen molar-refractivity contribution in [3.8, 4) is 0 Å². The molecule has 156 valence electrons. The average Bonchev–Trinajstić information content (AvgIpc) is 2.69. The Hall–Kier alpha value is -1.75. The summed E-state index contributed by atoms with van der Waals surface area (Å²) in [6, 6.07) is 16.2. The monoisotopic (exact) mass is 432 g/mol. The lowest BCUT2D eigenvalue weighted by Gasteiger charge is -2.36. The molecule has 1 aliphatic rings. The molecule has 6 heteroatoms. The third kappa shape index (κ3) is 6.63. The zero-order chi connectivity index (χ0) is 20.9. The van der Waals surface area contributed by atoms with Crippen LogP contribution in [0.4, 0.5) is 11.4 Å². The van der Waals surface area contributed by atoms with Gasteiger partial charge in [-0.3, -0.25) is 9.89 Å². The Labute approximate surface area is 184 Å². The fourth-order valence-electron chi connectivity index (χ4n) is 3.45. The predicted molar refractivity (Wildman–Crippen MR) is 127 cm³/mol. The zero-order valence-electron chi connectivity index (χ0n) is 17.5. The van der Waals surface area contributed by atoms with E-state index in [0.717, 1.165) is 50.7 Å². The molecule has 0 saturated carbocycles. The molecule has 29 heavy (non-hydrogen) atoms. The van der Waals surface area contributed by atoms with Crippen LogP contribution in [0.25, 0.3) is 0 Å². The Morgan fingerprint density at radius 2 is 1.55 bits per heavy atom. The molecule has 0 spiro atoms. The molecule has 0 unspecified atom stereocenters. The van der Waals surface area contributed by atoms with Crippen LogP contribution >= 0.6 is 23.2 Å². The molecular formula is C23H30Cl2N4. The summed E-state index contributed by atoms with van der Waals surface area (Å²) in [5.74, 6) is 0.915. The SMILES string of the molecule is CC(C)(C)N=C(CCN1CCN(c2ccccc2)CC1)Nc1c(Cl)cccc1Cl. The van der Waals surface area contributed by atoms with Gasteiger partial charge in [0, 0.05) is 44.8 Å². The van der Waals surface area contributed by atoms with E-state index in [9.17, 15) is 0 Å². The van der Waals surface area contributed by atoms with E-state index in [-0.39, 0.29) is 5.54 Å². The number of hydrogen-bond donors (Lipinski definition) is 1. The van der Waals surface area contributed by atoms with Gasteiger partial charge in [0.1, 0.15) is 5.84 Å². The highest BCUT2D eigenvalue weighted by Gasteiger charge is 2.19. The summed E-state index contributed by atoms with van der Waals surface area (Å²) in [5.41, 5.74) is 1.85. The van der Waals surface area contributed by atoms with Crippen LogP contribution in [-0.2, 0) is 0 Å². The number of nitrogens with one attached hydrogen (secondary N) is 1. The lowest BCUT2D eigenvalue weighted by Crippen LogP contribution is -2.47. The second-order valence-corrected chi connectivity index (χ2v) is 9.18. The molecule has 1 heterocycles. The fraction of sp³-hybridized carbons (Fsp3) is 0.435. The Bertz CT molecular complexity index is 802. The lowest BCUT2D eigenvalue weighted by molar-refractivity contribution is 0.265. The van der Waals surface area contributed by atoms with Gasteiger partial charge in [-0.15, -0.1) is 0 Å². The van der Waals surface area contributed by atoms with Gasteiger partial charge >= 0.3 is 0 Å². The number of piperazine rings is 1. The van der Waals surface area contributed by atoms with E-state index in [2.05, 4.69) is 66.2 Å². The minimum absolute atomic E-state index is 0.178. The number of benzene rings is 2. The van der Waals surface area contributed by atoms with Crippen LogP contribution in [0.3, 0.4) is 0 Å². The van der Waals surface area contributed by atoms with Crippen molar-refractivity contribution in [2.45, 2.75) is 32.7 Å². The summed E-state index contributed by atoms with van der Waals surface area (Å²) in [7, 11) is 0. The molecule has 1 N–H and O–H groups in total. The van der Waals surface area contributed by atoms with E-state index in [0.29, 0.717) is 10.0 Å². The molecule has 1 fully saturated rings. The van der Waals surface area contributed by atoms with Crippen LogP contribution in [0.2, 0.25) is 10.0 Å². The first-order valence-electron chi connectivity index (χ1n) is 10.1. The van der Waals surface area contributed by atoms with Crippen LogP contribution < -0.4 is 10.2 Å². The lowest BCUT2D eigenvalue weighted by atomic mass is 10.1. The molecule has 2 aromatic carbocycles. The summed E-state index contributed by atoms with van der Waals surface area (Å²) in [5, 5.41) is 4.61. The summed E-state index contributed by atoms with van der Waals surface area (Å²) in [4.78, 5) is 9.82. The number of rotatable bonds is 5. The summed E-state index contributed by atoms with van der Waals surface area (Å²) >= 11 is 12.7. The second kappa shape index (κ2) is 9.84. The van der Waals surface area contributed by atoms with Crippen molar-refractivity contribution >= 4 is 40.4 Å². The van der Waals surface area contributed by atoms with Gasteiger partial charge in [-0.1, -0.05) is 47.5 Å². The minimum atomic E-state index is -0.178. The molecule has 2 aromatic rings. The van der Waals surface area contributed by atoms with Crippen molar-refractivity contribution in [1.82, 2.24) is 4.90 Å². The van der Waals surface area contributed by atoms with Crippen LogP contribution in [0.15, 0.2) is 53.5 Å². The highest BCUT2D eigenvalue weighted by Crippen LogP contribution is 2.30. The van der Waals surface area contributed by atoms with Crippen molar-refractivity contribution < 1.29 is 0 Å². The topological polar surface area (TPSA) is 30.9 Å². The van der Waals surface area contributed by atoms with Crippen molar-refractivity contribution in [3.05, 3.63) is 58.6 Å². The predicted octanol–water partition coefficient (Wildman–Crippen LogP) is 5.81. The van der Waals surface area contributed by atoms with Crippen LogP contribution in [-0.4, -0.2) is 49.0 Å². The molecule has 0 amide bonds. The van der Waals surface area contributed by atoms with E-state index < -0.39 is 0 Å². The van der Waals surface area contributed by atoms with E-state index >= 15 is 0 Å². The van der Waals surface area contributed by atoms with Gasteiger partial charge < -0.3 is 10.2 Å². The first-order valence-corrected chi connectivity index (χ1v) is 10.9. The van der Waals surface area contributed by atoms with Crippen LogP contribution in [0.1, 0.15) is 27.2 Å². The zero-order valence-corrected chi connectivity index (χ0v) is 19.0. The maximum absolute atomic E-state index is 6.35. The van der Waals surface area contributed by atoms with Crippen molar-refractivity contribution in [3.63, 3.8) is 0 Å². The molecule has 0 aromatic heterocycles. The van der Waals surface area contributed by atoms with E-state index in [1.807, 2.05) is 18.2 Å². The van der Waals surface area contributed by atoms with Gasteiger partial charge in [0.15, 0.2) is 0 Å². The number of amidine groups is 1. The third-order valence-corrected chi connectivity index (χ3v) is 5.49. The first-order chi connectivity index (χ1) is 13.8. The summed E-state index contributed by atoms with van der Waals surface area (Å²) in [6.07, 6.45) is 0.824. The van der Waals surface area contributed by atoms with Crippen molar-refractivity contribution in [1.29, 1.82) is 0 Å². The van der Waals surface area contributed by atoms with E-state index in [4.69, 9.17) is 28.2 Å². The maximum atomic E-state index is 6.35. The number of anilines is 2. The van der Waals surface area contributed by atoms with Gasteiger partial charge in [0.25, 0.3) is 0 Å². The van der Waals surface area contributed by atoms with Crippen LogP contribution in [0.5, 0.6) is 0 Å². The Morgan fingerprint density at radius 1 is 0.931 bits per heavy atom. The molecule has 1 saturated heterocycles. The molecule has 0 radical (unpaired) electrons. The van der Waals surface area contributed by atoms with Gasteiger partial charge in [0.05, 0.1) is 21.3 Å². The summed E-state index contributed by atoms with van der Waals surface area (Å²) in [6.45, 7) is 11.4. The Balaban J connectivity index is 1.60. The Morgan fingerprint density at radius 3 is 2.14 bits per heavy atom. The number of halogens is 2. The number of hydrogen-bond acceptors (Lipinski definition) is 3. The first kappa shape index (κ1) is 21.9. The molecule has 1 aliphatic heterocycles. The molecule has 0 bridgehead atoms. The van der Waals surface area contributed by atoms with Gasteiger partial charge in [-0.05, 0) is 45.0 Å². The molecular weight excluding hydrogens is 403 g/mol. The highest BCUT2D eigenvalue weighted by atomic mass is 35.5. The standard InChI is InChI=1S/C23H30Cl2N4/c1-23(2,3)27-21(26-22-19(24)10-7-11-20(22)25)12-13-28-14-16-29(17-15-28)18-8-5-4-6-9-18/h4-11H,12-17H2,1-3H3,(H,26,27). The molecule has 4 nitrogen and oxygen atoms in total. The smallest absolute Gasteiger partial charge is 0.103 e. The largest absolute Gasteiger partial charge is 0.369 e.